The monoisotopic (exact) mass is 278 g/mol. The number of carbonyl (C=O) groups excluding carboxylic acids is 1. The minimum Gasteiger partial charge on any atom is -0.381 e. The molecule has 0 saturated carbocycles. The first-order valence-electron chi connectivity index (χ1n) is 7.51. The fraction of sp³-hybridized carbons (Fsp3) is 0.688. The number of nitrogens with one attached hydrogen (secondary N) is 1. The average Bonchev–Trinajstić information content (AvgIpc) is 3.04. The summed E-state index contributed by atoms with van der Waals surface area (Å²) in [4.78, 5) is 12.0. The zero-order valence-electron chi connectivity index (χ0n) is 12.8. The minimum atomic E-state index is 0.0149. The first-order valence-corrected chi connectivity index (χ1v) is 7.51. The van der Waals surface area contributed by atoms with E-state index in [1.165, 1.54) is 6.42 Å². The van der Waals surface area contributed by atoms with Crippen molar-refractivity contribution in [1.29, 1.82) is 0 Å². The van der Waals surface area contributed by atoms with Crippen molar-refractivity contribution >= 4 is 5.91 Å². The lowest BCUT2D eigenvalue weighted by Gasteiger charge is -2.20. The summed E-state index contributed by atoms with van der Waals surface area (Å²) in [6.45, 7) is 8.91. The van der Waals surface area contributed by atoms with Gasteiger partial charge in [0.2, 0.25) is 0 Å². The lowest BCUT2D eigenvalue weighted by Crippen LogP contribution is -2.25. The van der Waals surface area contributed by atoms with Crippen LogP contribution in [-0.4, -0.2) is 30.2 Å². The SMILES string of the molecule is CC(C)(C)n1ccc(C(=O)NCCC[C@@H]2CCOC2)c1. The molecule has 1 aromatic heterocycles. The van der Waals surface area contributed by atoms with Crippen molar-refractivity contribution in [2.75, 3.05) is 19.8 Å². The number of amides is 1. The number of aromatic nitrogens is 1. The van der Waals surface area contributed by atoms with Gasteiger partial charge in [-0.1, -0.05) is 0 Å². The number of ether oxygens (including phenoxy) is 1. The number of hydrogen-bond donors (Lipinski definition) is 1. The summed E-state index contributed by atoms with van der Waals surface area (Å²) < 4.78 is 7.42. The Hall–Kier alpha value is -1.29. The second-order valence-corrected chi connectivity index (χ2v) is 6.61. The highest BCUT2D eigenvalue weighted by Gasteiger charge is 2.16. The summed E-state index contributed by atoms with van der Waals surface area (Å²) in [5.41, 5.74) is 0.755. The lowest BCUT2D eigenvalue weighted by atomic mass is 10.0. The fourth-order valence-corrected chi connectivity index (χ4v) is 2.45. The van der Waals surface area contributed by atoms with E-state index in [0.717, 1.165) is 38.2 Å². The third-order valence-corrected chi connectivity index (χ3v) is 3.83. The van der Waals surface area contributed by atoms with Gasteiger partial charge in [-0.3, -0.25) is 4.79 Å². The minimum absolute atomic E-state index is 0.0149. The Kier molecular flexibility index (Phi) is 4.86. The summed E-state index contributed by atoms with van der Waals surface area (Å²) in [6, 6.07) is 1.88. The molecule has 1 amide bonds. The highest BCUT2D eigenvalue weighted by Crippen LogP contribution is 2.18. The smallest absolute Gasteiger partial charge is 0.252 e. The summed E-state index contributed by atoms with van der Waals surface area (Å²) in [7, 11) is 0. The van der Waals surface area contributed by atoms with Crippen molar-refractivity contribution < 1.29 is 9.53 Å². The van der Waals surface area contributed by atoms with Gasteiger partial charge in [0.05, 0.1) is 5.56 Å². The second kappa shape index (κ2) is 6.44. The predicted octanol–water partition coefficient (Wildman–Crippen LogP) is 2.79. The molecule has 0 unspecified atom stereocenters. The van der Waals surface area contributed by atoms with Crippen molar-refractivity contribution in [2.45, 2.75) is 45.6 Å². The summed E-state index contributed by atoms with van der Waals surface area (Å²) in [5.74, 6) is 0.713. The van der Waals surface area contributed by atoms with E-state index < -0.39 is 0 Å². The highest BCUT2D eigenvalue weighted by atomic mass is 16.5. The molecular formula is C16H26N2O2. The maximum absolute atomic E-state index is 12.0. The number of carbonyl (C=O) groups is 1. The van der Waals surface area contributed by atoms with Crippen molar-refractivity contribution in [2.24, 2.45) is 5.92 Å². The van der Waals surface area contributed by atoms with E-state index in [0.29, 0.717) is 5.92 Å². The second-order valence-electron chi connectivity index (χ2n) is 6.61. The van der Waals surface area contributed by atoms with E-state index in [1.54, 1.807) is 0 Å². The molecule has 112 valence electrons. The third kappa shape index (κ3) is 4.10. The van der Waals surface area contributed by atoms with Gasteiger partial charge in [0.25, 0.3) is 5.91 Å². The van der Waals surface area contributed by atoms with Crippen LogP contribution in [0, 0.1) is 5.92 Å². The van der Waals surface area contributed by atoms with Crippen molar-refractivity contribution in [3.63, 3.8) is 0 Å². The largest absolute Gasteiger partial charge is 0.381 e. The van der Waals surface area contributed by atoms with Crippen LogP contribution in [-0.2, 0) is 10.3 Å². The third-order valence-electron chi connectivity index (χ3n) is 3.83. The van der Waals surface area contributed by atoms with Crippen LogP contribution in [0.15, 0.2) is 18.5 Å². The summed E-state index contributed by atoms with van der Waals surface area (Å²) in [6.07, 6.45) is 7.22. The molecule has 0 bridgehead atoms. The van der Waals surface area contributed by atoms with Gasteiger partial charge in [-0.15, -0.1) is 0 Å². The topological polar surface area (TPSA) is 43.3 Å². The highest BCUT2D eigenvalue weighted by molar-refractivity contribution is 5.94. The molecule has 20 heavy (non-hydrogen) atoms. The van der Waals surface area contributed by atoms with Crippen LogP contribution in [0.25, 0.3) is 0 Å². The summed E-state index contributed by atoms with van der Waals surface area (Å²) >= 11 is 0. The Morgan fingerprint density at radius 3 is 2.90 bits per heavy atom. The van der Waals surface area contributed by atoms with E-state index in [1.807, 2.05) is 18.5 Å². The van der Waals surface area contributed by atoms with E-state index >= 15 is 0 Å². The quantitative estimate of drug-likeness (QED) is 0.842. The molecule has 4 heteroatoms. The Morgan fingerprint density at radius 1 is 1.50 bits per heavy atom. The molecule has 1 fully saturated rings. The van der Waals surface area contributed by atoms with E-state index in [2.05, 4.69) is 30.7 Å². The number of rotatable bonds is 5. The predicted molar refractivity (Wildman–Crippen MR) is 79.9 cm³/mol. The van der Waals surface area contributed by atoms with Crippen LogP contribution in [0.2, 0.25) is 0 Å². The molecule has 1 aromatic rings. The van der Waals surface area contributed by atoms with Crippen LogP contribution in [0.3, 0.4) is 0 Å². The summed E-state index contributed by atoms with van der Waals surface area (Å²) in [5, 5.41) is 2.99. The number of nitrogens with zero attached hydrogens (tertiary/aromatic N) is 1. The maximum Gasteiger partial charge on any atom is 0.252 e. The molecule has 1 saturated heterocycles. The molecular weight excluding hydrogens is 252 g/mol. The molecule has 4 nitrogen and oxygen atoms in total. The van der Waals surface area contributed by atoms with Gasteiger partial charge >= 0.3 is 0 Å². The van der Waals surface area contributed by atoms with Gasteiger partial charge in [0, 0.05) is 37.7 Å². The van der Waals surface area contributed by atoms with Gasteiger partial charge in [0.15, 0.2) is 0 Å². The van der Waals surface area contributed by atoms with Gasteiger partial charge in [-0.25, -0.2) is 0 Å². The van der Waals surface area contributed by atoms with E-state index in [9.17, 15) is 4.79 Å². The zero-order valence-corrected chi connectivity index (χ0v) is 12.8. The van der Waals surface area contributed by atoms with E-state index in [-0.39, 0.29) is 11.4 Å². The Morgan fingerprint density at radius 2 is 2.30 bits per heavy atom. The van der Waals surface area contributed by atoms with Crippen molar-refractivity contribution in [1.82, 2.24) is 9.88 Å². The van der Waals surface area contributed by atoms with Crippen LogP contribution >= 0.6 is 0 Å². The molecule has 2 rings (SSSR count). The molecule has 1 N–H and O–H groups in total. The van der Waals surface area contributed by atoms with Gasteiger partial charge in [-0.05, 0) is 52.0 Å². The molecule has 0 aromatic carbocycles. The first-order chi connectivity index (χ1) is 9.47. The first kappa shape index (κ1) is 15.1. The Bertz CT molecular complexity index is 440. The average molecular weight is 278 g/mol. The fourth-order valence-electron chi connectivity index (χ4n) is 2.45. The normalized spacial score (nSPS) is 19.2. The molecule has 1 aliphatic rings. The standard InChI is InChI=1S/C16H26N2O2/c1-16(2,3)18-9-6-14(11-18)15(19)17-8-4-5-13-7-10-20-12-13/h6,9,11,13H,4-5,7-8,10,12H2,1-3H3,(H,17,19)/t13-/m1/s1. The zero-order chi connectivity index (χ0) is 14.6. The molecule has 0 aliphatic carbocycles. The van der Waals surface area contributed by atoms with Crippen molar-refractivity contribution in [3.05, 3.63) is 24.0 Å². The van der Waals surface area contributed by atoms with Crippen LogP contribution < -0.4 is 5.32 Å². The van der Waals surface area contributed by atoms with Gasteiger partial charge in [-0.2, -0.15) is 0 Å². The molecule has 0 radical (unpaired) electrons. The van der Waals surface area contributed by atoms with E-state index in [4.69, 9.17) is 4.74 Å². The lowest BCUT2D eigenvalue weighted by molar-refractivity contribution is 0.0952. The number of hydrogen-bond acceptors (Lipinski definition) is 2. The molecule has 0 spiro atoms. The maximum atomic E-state index is 12.0. The molecule has 2 heterocycles. The Labute approximate surface area is 121 Å². The van der Waals surface area contributed by atoms with Gasteiger partial charge < -0.3 is 14.6 Å². The molecule has 1 aliphatic heterocycles. The van der Waals surface area contributed by atoms with Crippen LogP contribution in [0.4, 0.5) is 0 Å². The van der Waals surface area contributed by atoms with Crippen molar-refractivity contribution in [3.8, 4) is 0 Å². The van der Waals surface area contributed by atoms with Crippen LogP contribution in [0.1, 0.15) is 50.4 Å². The van der Waals surface area contributed by atoms with Crippen LogP contribution in [0.5, 0.6) is 0 Å². The molecule has 1 atom stereocenters. The Balaban J connectivity index is 1.72. The van der Waals surface area contributed by atoms with Gasteiger partial charge in [0.1, 0.15) is 0 Å².